The van der Waals surface area contributed by atoms with Crippen LogP contribution in [0.5, 0.6) is 0 Å². The number of hydrogen-bond donors (Lipinski definition) is 1. The average molecular weight is 272 g/mol. The highest BCUT2D eigenvalue weighted by Crippen LogP contribution is 2.24. The molecule has 1 saturated heterocycles. The van der Waals surface area contributed by atoms with Crippen LogP contribution in [0.3, 0.4) is 0 Å². The molecular formula is C15H32N2O2. The van der Waals surface area contributed by atoms with Crippen molar-refractivity contribution in [2.45, 2.75) is 46.2 Å². The zero-order chi connectivity index (χ0) is 14.3. The average Bonchev–Trinajstić information content (AvgIpc) is 2.37. The van der Waals surface area contributed by atoms with Gasteiger partial charge in [0.15, 0.2) is 0 Å². The van der Waals surface area contributed by atoms with Crippen LogP contribution in [-0.4, -0.2) is 63.5 Å². The summed E-state index contributed by atoms with van der Waals surface area (Å²) in [6.07, 6.45) is 1.20. The Morgan fingerprint density at radius 3 is 2.53 bits per heavy atom. The molecule has 1 aliphatic rings. The van der Waals surface area contributed by atoms with Gasteiger partial charge >= 0.3 is 0 Å². The van der Waals surface area contributed by atoms with Gasteiger partial charge in [-0.15, -0.1) is 0 Å². The first-order chi connectivity index (χ1) is 8.99. The second-order valence-electron chi connectivity index (χ2n) is 6.49. The van der Waals surface area contributed by atoms with E-state index in [4.69, 9.17) is 9.47 Å². The molecule has 2 unspecified atom stereocenters. The summed E-state index contributed by atoms with van der Waals surface area (Å²) >= 11 is 0. The van der Waals surface area contributed by atoms with Crippen molar-refractivity contribution in [3.8, 4) is 0 Å². The van der Waals surface area contributed by atoms with Gasteiger partial charge in [0.05, 0.1) is 19.8 Å². The van der Waals surface area contributed by atoms with Gasteiger partial charge in [-0.05, 0) is 11.8 Å². The van der Waals surface area contributed by atoms with Crippen LogP contribution in [0.25, 0.3) is 0 Å². The van der Waals surface area contributed by atoms with E-state index in [1.165, 1.54) is 6.42 Å². The number of hydrogen-bond acceptors (Lipinski definition) is 4. The molecule has 1 rings (SSSR count). The van der Waals surface area contributed by atoms with Crippen LogP contribution < -0.4 is 5.32 Å². The molecule has 0 aromatic heterocycles. The molecule has 0 amide bonds. The topological polar surface area (TPSA) is 33.7 Å². The van der Waals surface area contributed by atoms with Gasteiger partial charge in [-0.3, -0.25) is 4.90 Å². The van der Waals surface area contributed by atoms with Gasteiger partial charge in [-0.1, -0.05) is 27.7 Å². The smallest absolute Gasteiger partial charge is 0.0700 e. The van der Waals surface area contributed by atoms with Gasteiger partial charge < -0.3 is 14.8 Å². The Kier molecular flexibility index (Phi) is 7.29. The standard InChI is InChI=1S/C15H32N2O2/c1-6-13-11-16-14(15(2,3)4)12-17(13)7-8-19-10-9-18-5/h13-14,16H,6-12H2,1-5H3. The Morgan fingerprint density at radius 2 is 1.95 bits per heavy atom. The highest BCUT2D eigenvalue weighted by Gasteiger charge is 2.32. The third-order valence-corrected chi connectivity index (χ3v) is 4.00. The molecule has 1 heterocycles. The molecule has 4 nitrogen and oxygen atoms in total. The minimum Gasteiger partial charge on any atom is -0.382 e. The monoisotopic (exact) mass is 272 g/mol. The van der Waals surface area contributed by atoms with E-state index >= 15 is 0 Å². The molecule has 2 atom stereocenters. The Bertz CT molecular complexity index is 241. The van der Waals surface area contributed by atoms with Crippen LogP contribution in [0.15, 0.2) is 0 Å². The first-order valence-corrected chi connectivity index (χ1v) is 7.53. The van der Waals surface area contributed by atoms with Gasteiger partial charge in [0.2, 0.25) is 0 Å². The number of piperazine rings is 1. The second-order valence-corrected chi connectivity index (χ2v) is 6.49. The molecule has 0 aliphatic carbocycles. The largest absolute Gasteiger partial charge is 0.382 e. The summed E-state index contributed by atoms with van der Waals surface area (Å²) in [6.45, 7) is 14.6. The van der Waals surface area contributed by atoms with Crippen molar-refractivity contribution in [3.05, 3.63) is 0 Å². The quantitative estimate of drug-likeness (QED) is 0.716. The molecule has 0 bridgehead atoms. The molecule has 0 aromatic rings. The van der Waals surface area contributed by atoms with E-state index in [1.807, 2.05) is 0 Å². The zero-order valence-electron chi connectivity index (χ0n) is 13.4. The number of ether oxygens (including phenoxy) is 2. The summed E-state index contributed by atoms with van der Waals surface area (Å²) in [4.78, 5) is 2.58. The van der Waals surface area contributed by atoms with Crippen LogP contribution in [-0.2, 0) is 9.47 Å². The van der Waals surface area contributed by atoms with Crippen molar-refractivity contribution in [1.82, 2.24) is 10.2 Å². The molecule has 19 heavy (non-hydrogen) atoms. The summed E-state index contributed by atoms with van der Waals surface area (Å²) < 4.78 is 10.6. The van der Waals surface area contributed by atoms with E-state index in [9.17, 15) is 0 Å². The van der Waals surface area contributed by atoms with E-state index in [2.05, 4.69) is 37.9 Å². The first-order valence-electron chi connectivity index (χ1n) is 7.53. The summed E-state index contributed by atoms with van der Waals surface area (Å²) in [5, 5.41) is 3.70. The maximum Gasteiger partial charge on any atom is 0.0700 e. The fourth-order valence-corrected chi connectivity index (χ4v) is 2.54. The Morgan fingerprint density at radius 1 is 1.21 bits per heavy atom. The van der Waals surface area contributed by atoms with Gasteiger partial charge in [-0.25, -0.2) is 0 Å². The highest BCUT2D eigenvalue weighted by atomic mass is 16.5. The summed E-state index contributed by atoms with van der Waals surface area (Å²) in [6, 6.07) is 1.21. The van der Waals surface area contributed by atoms with Gasteiger partial charge in [0, 0.05) is 38.8 Å². The van der Waals surface area contributed by atoms with Gasteiger partial charge in [-0.2, -0.15) is 0 Å². The minimum absolute atomic E-state index is 0.313. The number of rotatable bonds is 7. The Hall–Kier alpha value is -0.160. The van der Waals surface area contributed by atoms with Gasteiger partial charge in [0.1, 0.15) is 0 Å². The van der Waals surface area contributed by atoms with Crippen LogP contribution in [0, 0.1) is 5.41 Å². The lowest BCUT2D eigenvalue weighted by atomic mass is 9.84. The van der Waals surface area contributed by atoms with Crippen molar-refractivity contribution in [2.75, 3.05) is 46.6 Å². The zero-order valence-corrected chi connectivity index (χ0v) is 13.4. The van der Waals surface area contributed by atoms with Crippen LogP contribution in [0.1, 0.15) is 34.1 Å². The van der Waals surface area contributed by atoms with E-state index in [0.29, 0.717) is 30.7 Å². The second kappa shape index (κ2) is 8.20. The van der Waals surface area contributed by atoms with Gasteiger partial charge in [0.25, 0.3) is 0 Å². The van der Waals surface area contributed by atoms with E-state index in [1.54, 1.807) is 7.11 Å². The molecule has 4 heteroatoms. The van der Waals surface area contributed by atoms with E-state index in [0.717, 1.165) is 26.2 Å². The van der Waals surface area contributed by atoms with Crippen LogP contribution in [0.4, 0.5) is 0 Å². The van der Waals surface area contributed by atoms with E-state index < -0.39 is 0 Å². The summed E-state index contributed by atoms with van der Waals surface area (Å²) in [5.74, 6) is 0. The van der Waals surface area contributed by atoms with Crippen molar-refractivity contribution >= 4 is 0 Å². The molecule has 0 spiro atoms. The molecular weight excluding hydrogens is 240 g/mol. The summed E-state index contributed by atoms with van der Waals surface area (Å²) in [5.41, 5.74) is 0.313. The van der Waals surface area contributed by atoms with Crippen molar-refractivity contribution in [1.29, 1.82) is 0 Å². The van der Waals surface area contributed by atoms with Crippen molar-refractivity contribution in [3.63, 3.8) is 0 Å². The minimum atomic E-state index is 0.313. The first kappa shape index (κ1) is 16.9. The lowest BCUT2D eigenvalue weighted by molar-refractivity contribution is 0.0283. The molecule has 1 fully saturated rings. The van der Waals surface area contributed by atoms with Crippen molar-refractivity contribution < 1.29 is 9.47 Å². The fourth-order valence-electron chi connectivity index (χ4n) is 2.54. The maximum atomic E-state index is 5.60. The Balaban J connectivity index is 2.37. The molecule has 1 N–H and O–H groups in total. The molecule has 0 aromatic carbocycles. The van der Waals surface area contributed by atoms with Crippen molar-refractivity contribution in [2.24, 2.45) is 5.41 Å². The number of nitrogens with one attached hydrogen (secondary N) is 1. The Labute approximate surface area is 118 Å². The third kappa shape index (κ3) is 5.78. The maximum absolute atomic E-state index is 5.60. The number of methoxy groups -OCH3 is 1. The predicted molar refractivity (Wildman–Crippen MR) is 79.6 cm³/mol. The van der Waals surface area contributed by atoms with Crippen LogP contribution >= 0.6 is 0 Å². The molecule has 114 valence electrons. The van der Waals surface area contributed by atoms with Crippen LogP contribution in [0.2, 0.25) is 0 Å². The number of nitrogens with zero attached hydrogens (tertiary/aromatic N) is 1. The van der Waals surface area contributed by atoms with E-state index in [-0.39, 0.29) is 0 Å². The molecule has 0 saturated carbocycles. The molecule has 0 radical (unpaired) electrons. The predicted octanol–water partition coefficient (Wildman–Crippen LogP) is 1.75. The third-order valence-electron chi connectivity index (χ3n) is 4.00. The summed E-state index contributed by atoms with van der Waals surface area (Å²) in [7, 11) is 1.71. The normalized spacial score (nSPS) is 25.7. The lowest BCUT2D eigenvalue weighted by Gasteiger charge is -2.44. The lowest BCUT2D eigenvalue weighted by Crippen LogP contribution is -2.60. The fraction of sp³-hybridized carbons (Fsp3) is 1.00. The molecule has 1 aliphatic heterocycles. The highest BCUT2D eigenvalue weighted by molar-refractivity contribution is 4.91. The SMILES string of the molecule is CCC1CNC(C(C)(C)C)CN1CCOCCOC.